The fourth-order valence-electron chi connectivity index (χ4n) is 0.200. The average Bonchev–Trinajstić information content (AvgIpc) is 1.83. The third-order valence-electron chi connectivity index (χ3n) is 0.620. The van der Waals surface area contributed by atoms with Crippen molar-refractivity contribution >= 4 is 5.97 Å². The van der Waals surface area contributed by atoms with Gasteiger partial charge in [-0.25, -0.2) is 4.39 Å². The molecular weight excluding hydrogens is 159 g/mol. The van der Waals surface area contributed by atoms with Gasteiger partial charge in [-0.3, -0.25) is 0 Å². The molecule has 0 aromatic carbocycles. The van der Waals surface area contributed by atoms with Crippen molar-refractivity contribution in [2.24, 2.45) is 10.9 Å². The Morgan fingerprint density at radius 2 is 1.80 bits per heavy atom. The van der Waals surface area contributed by atoms with Gasteiger partial charge < -0.3 is 5.84 Å². The lowest BCUT2D eigenvalue weighted by Gasteiger charge is -2.07. The van der Waals surface area contributed by atoms with Gasteiger partial charge in [0.05, 0.1) is 0 Å². The van der Waals surface area contributed by atoms with Crippen LogP contribution in [-0.4, -0.2) is 18.3 Å². The average molecular weight is 162 g/mol. The minimum atomic E-state index is -5.27. The Hall–Kier alpha value is -0.880. The molecule has 0 fully saturated rings. The van der Waals surface area contributed by atoms with E-state index in [9.17, 15) is 22.0 Å². The Morgan fingerprint density at radius 3 is 1.90 bits per heavy atom. The molecule has 0 aromatic rings. The molecule has 0 saturated heterocycles. The molecule has 0 saturated carbocycles. The molecule has 2 N–H and O–H groups in total. The van der Waals surface area contributed by atoms with Gasteiger partial charge in [0.25, 0.3) is 12.1 Å². The number of hydrazone groups is 1. The van der Waals surface area contributed by atoms with E-state index in [1.807, 2.05) is 5.10 Å². The summed E-state index contributed by atoms with van der Waals surface area (Å²) in [6, 6.07) is 0. The van der Waals surface area contributed by atoms with E-state index < -0.39 is 18.3 Å². The van der Waals surface area contributed by atoms with Crippen LogP contribution in [0.5, 0.6) is 0 Å². The molecule has 0 radical (unpaired) electrons. The molecule has 0 aliphatic carbocycles. The monoisotopic (exact) mass is 162 g/mol. The highest BCUT2D eigenvalue weighted by Gasteiger charge is 2.44. The van der Waals surface area contributed by atoms with Crippen molar-refractivity contribution in [3.63, 3.8) is 0 Å². The second-order valence-corrected chi connectivity index (χ2v) is 1.36. The van der Waals surface area contributed by atoms with Gasteiger partial charge in [-0.2, -0.15) is 22.7 Å². The lowest BCUT2D eigenvalue weighted by molar-refractivity contribution is -0.162. The molecule has 0 spiro atoms. The van der Waals surface area contributed by atoms with Crippen molar-refractivity contribution in [3.8, 4) is 0 Å². The lowest BCUT2D eigenvalue weighted by atomic mass is 10.4. The molecule has 0 rings (SSSR count). The SMILES string of the molecule is N/N=C(/F)C(F)C(F)(F)F. The van der Waals surface area contributed by atoms with Gasteiger partial charge in [-0.05, 0) is 0 Å². The fourth-order valence-corrected chi connectivity index (χ4v) is 0.200. The summed E-state index contributed by atoms with van der Waals surface area (Å²) in [5.41, 5.74) is 0. The normalized spacial score (nSPS) is 17.1. The Morgan fingerprint density at radius 1 is 1.40 bits per heavy atom. The van der Waals surface area contributed by atoms with E-state index in [-0.39, 0.29) is 0 Å². The molecule has 7 heteroatoms. The number of hydrogen-bond donors (Lipinski definition) is 1. The van der Waals surface area contributed by atoms with Crippen LogP contribution in [-0.2, 0) is 0 Å². The van der Waals surface area contributed by atoms with Crippen LogP contribution in [0.4, 0.5) is 22.0 Å². The fraction of sp³-hybridized carbons (Fsp3) is 0.667. The summed E-state index contributed by atoms with van der Waals surface area (Å²) in [6.07, 6.45) is -8.98. The van der Waals surface area contributed by atoms with E-state index >= 15 is 0 Å². The Balaban J connectivity index is 4.23. The zero-order valence-electron chi connectivity index (χ0n) is 4.49. The first-order chi connectivity index (χ1) is 4.39. The highest BCUT2D eigenvalue weighted by Crippen LogP contribution is 2.24. The van der Waals surface area contributed by atoms with E-state index in [1.54, 1.807) is 0 Å². The largest absolute Gasteiger partial charge is 0.427 e. The van der Waals surface area contributed by atoms with Gasteiger partial charge in [-0.1, -0.05) is 0 Å². The molecule has 60 valence electrons. The predicted molar refractivity (Wildman–Crippen MR) is 23.7 cm³/mol. The van der Waals surface area contributed by atoms with E-state index in [4.69, 9.17) is 0 Å². The molecule has 2 nitrogen and oxygen atoms in total. The molecule has 0 aromatic heterocycles. The van der Waals surface area contributed by atoms with Gasteiger partial charge in [0.2, 0.25) is 0 Å². The van der Waals surface area contributed by atoms with Gasteiger partial charge in [0.15, 0.2) is 0 Å². The first kappa shape index (κ1) is 9.12. The molecule has 0 bridgehead atoms. The zero-order chi connectivity index (χ0) is 8.36. The molecule has 1 atom stereocenters. The molecule has 10 heavy (non-hydrogen) atoms. The second-order valence-electron chi connectivity index (χ2n) is 1.36. The van der Waals surface area contributed by atoms with Crippen molar-refractivity contribution in [2.75, 3.05) is 0 Å². The number of rotatable bonds is 1. The first-order valence-electron chi connectivity index (χ1n) is 2.03. The Kier molecular flexibility index (Phi) is 2.56. The number of alkyl halides is 4. The predicted octanol–water partition coefficient (Wildman–Crippen LogP) is 1.13. The van der Waals surface area contributed by atoms with Crippen LogP contribution >= 0.6 is 0 Å². The number of nitrogens with two attached hydrogens (primary N) is 1. The molecular formula is C3H3F5N2. The highest BCUT2D eigenvalue weighted by molar-refractivity contribution is 5.79. The van der Waals surface area contributed by atoms with Gasteiger partial charge in [0.1, 0.15) is 0 Å². The Labute approximate surface area is 52.5 Å². The number of hydrogen-bond acceptors (Lipinski definition) is 2. The van der Waals surface area contributed by atoms with Gasteiger partial charge in [0, 0.05) is 0 Å². The quantitative estimate of drug-likeness (QED) is 0.267. The van der Waals surface area contributed by atoms with Crippen molar-refractivity contribution < 1.29 is 22.0 Å². The maximum absolute atomic E-state index is 11.6. The third kappa shape index (κ3) is 2.16. The second kappa shape index (κ2) is 2.80. The van der Waals surface area contributed by atoms with E-state index in [0.717, 1.165) is 0 Å². The van der Waals surface area contributed by atoms with E-state index in [0.29, 0.717) is 0 Å². The smallest absolute Gasteiger partial charge is 0.321 e. The van der Waals surface area contributed by atoms with Crippen molar-refractivity contribution in [3.05, 3.63) is 0 Å². The molecule has 0 heterocycles. The van der Waals surface area contributed by atoms with Crippen LogP contribution in [0.15, 0.2) is 5.10 Å². The number of nitrogens with zero attached hydrogens (tertiary/aromatic N) is 1. The number of halogens is 5. The van der Waals surface area contributed by atoms with Crippen molar-refractivity contribution in [1.82, 2.24) is 0 Å². The summed E-state index contributed by atoms with van der Waals surface area (Å²) < 4.78 is 56.5. The van der Waals surface area contributed by atoms with Crippen LogP contribution in [0.2, 0.25) is 0 Å². The highest BCUT2D eigenvalue weighted by atomic mass is 19.4. The standard InChI is InChI=1S/C3H3F5N2/c4-1(2(5)10-9)3(6,7)8/h1H,9H2/b10-2+. The third-order valence-corrected chi connectivity index (χ3v) is 0.620. The Bertz CT molecular complexity index is 138. The van der Waals surface area contributed by atoms with E-state index in [1.165, 1.54) is 0 Å². The zero-order valence-corrected chi connectivity index (χ0v) is 4.49. The van der Waals surface area contributed by atoms with Crippen LogP contribution < -0.4 is 5.84 Å². The maximum Gasteiger partial charge on any atom is 0.427 e. The van der Waals surface area contributed by atoms with Crippen molar-refractivity contribution in [1.29, 1.82) is 0 Å². The van der Waals surface area contributed by atoms with Gasteiger partial charge >= 0.3 is 6.18 Å². The molecule has 1 unspecified atom stereocenters. The minimum absolute atomic E-state index is 1.91. The van der Waals surface area contributed by atoms with Gasteiger partial charge in [-0.15, -0.1) is 0 Å². The summed E-state index contributed by atoms with van der Waals surface area (Å²) in [7, 11) is 0. The van der Waals surface area contributed by atoms with Crippen LogP contribution in [0.25, 0.3) is 0 Å². The molecule has 0 amide bonds. The topological polar surface area (TPSA) is 38.4 Å². The molecule has 0 aliphatic rings. The van der Waals surface area contributed by atoms with Crippen molar-refractivity contribution in [2.45, 2.75) is 12.3 Å². The van der Waals surface area contributed by atoms with Crippen LogP contribution in [0.1, 0.15) is 0 Å². The summed E-state index contributed by atoms with van der Waals surface area (Å²) in [5.74, 6) is 1.77. The summed E-state index contributed by atoms with van der Waals surface area (Å²) >= 11 is 0. The maximum atomic E-state index is 11.6. The summed E-state index contributed by atoms with van der Waals surface area (Å²) in [6.45, 7) is 0. The summed E-state index contributed by atoms with van der Waals surface area (Å²) in [4.78, 5) is 0. The lowest BCUT2D eigenvalue weighted by Crippen LogP contribution is -2.30. The minimum Gasteiger partial charge on any atom is -0.321 e. The molecule has 0 aliphatic heterocycles. The van der Waals surface area contributed by atoms with Crippen LogP contribution in [0.3, 0.4) is 0 Å². The summed E-state index contributed by atoms with van der Waals surface area (Å²) in [5, 5.41) is 1.91. The van der Waals surface area contributed by atoms with E-state index in [2.05, 4.69) is 5.84 Å². The first-order valence-corrected chi connectivity index (χ1v) is 2.03. The van der Waals surface area contributed by atoms with Crippen LogP contribution in [0, 0.1) is 0 Å².